The molecule has 0 atom stereocenters. The lowest BCUT2D eigenvalue weighted by atomic mass is 10.1. The zero-order valence-electron chi connectivity index (χ0n) is 8.04. The van der Waals surface area contributed by atoms with Crippen molar-refractivity contribution in [3.8, 4) is 12.3 Å². The number of rotatable bonds is 2. The van der Waals surface area contributed by atoms with Gasteiger partial charge in [-0.2, -0.15) is 0 Å². The van der Waals surface area contributed by atoms with Crippen molar-refractivity contribution in [2.45, 2.75) is 13.8 Å². The van der Waals surface area contributed by atoms with Crippen molar-refractivity contribution < 1.29 is 0 Å². The molecule has 0 aliphatic carbocycles. The first-order chi connectivity index (χ1) is 6.24. The molecule has 0 heterocycles. The van der Waals surface area contributed by atoms with Gasteiger partial charge in [-0.05, 0) is 25.0 Å². The number of aryl methyl sites for hydroxylation is 2. The van der Waals surface area contributed by atoms with Crippen LogP contribution in [0.15, 0.2) is 23.2 Å². The van der Waals surface area contributed by atoms with Gasteiger partial charge < -0.3 is 0 Å². The molecule has 0 aliphatic rings. The van der Waals surface area contributed by atoms with Crippen molar-refractivity contribution in [3.63, 3.8) is 0 Å². The Kier molecular flexibility index (Phi) is 3.28. The van der Waals surface area contributed by atoms with E-state index in [1.807, 2.05) is 6.21 Å². The summed E-state index contributed by atoms with van der Waals surface area (Å²) in [6, 6.07) is 6.27. The van der Waals surface area contributed by atoms with Crippen LogP contribution in [0.2, 0.25) is 0 Å². The number of nitrogens with zero attached hydrogens (tertiary/aromatic N) is 1. The number of hydrogen-bond acceptors (Lipinski definition) is 1. The lowest BCUT2D eigenvalue weighted by Gasteiger charge is -2.00. The number of aliphatic imine (C=N–C) groups is 1. The molecule has 0 saturated heterocycles. The summed E-state index contributed by atoms with van der Waals surface area (Å²) in [6.45, 7) is 4.60. The van der Waals surface area contributed by atoms with E-state index in [0.29, 0.717) is 6.54 Å². The van der Waals surface area contributed by atoms with Crippen molar-refractivity contribution >= 4 is 6.21 Å². The predicted octanol–water partition coefficient (Wildman–Crippen LogP) is 2.36. The van der Waals surface area contributed by atoms with E-state index >= 15 is 0 Å². The first-order valence-corrected chi connectivity index (χ1v) is 4.24. The molecule has 0 N–H and O–H groups in total. The number of benzene rings is 1. The molecule has 0 unspecified atom stereocenters. The third kappa shape index (κ3) is 2.76. The summed E-state index contributed by atoms with van der Waals surface area (Å²) in [5.41, 5.74) is 3.65. The van der Waals surface area contributed by atoms with Crippen LogP contribution < -0.4 is 0 Å². The summed E-state index contributed by atoms with van der Waals surface area (Å²) in [5, 5.41) is 0. The average molecular weight is 171 g/mol. The summed E-state index contributed by atoms with van der Waals surface area (Å²) in [5.74, 6) is 2.47. The zero-order chi connectivity index (χ0) is 9.68. The predicted molar refractivity (Wildman–Crippen MR) is 57.2 cm³/mol. The molecule has 0 aliphatic heterocycles. The first kappa shape index (κ1) is 9.54. The molecule has 1 aromatic carbocycles. The highest BCUT2D eigenvalue weighted by Crippen LogP contribution is 2.07. The maximum atomic E-state index is 5.09. The molecule has 0 aromatic heterocycles. The van der Waals surface area contributed by atoms with Crippen LogP contribution in [0, 0.1) is 26.2 Å². The molecule has 0 amide bonds. The summed E-state index contributed by atoms with van der Waals surface area (Å²) in [4.78, 5) is 4.09. The average Bonchev–Trinajstić information content (AvgIpc) is 2.09. The van der Waals surface area contributed by atoms with Crippen LogP contribution in [-0.4, -0.2) is 12.8 Å². The molecule has 1 rings (SSSR count). The maximum Gasteiger partial charge on any atom is 0.0995 e. The van der Waals surface area contributed by atoms with Gasteiger partial charge in [0.25, 0.3) is 0 Å². The van der Waals surface area contributed by atoms with Gasteiger partial charge in [0.15, 0.2) is 0 Å². The Labute approximate surface area is 79.5 Å². The van der Waals surface area contributed by atoms with Crippen LogP contribution in [0.1, 0.15) is 16.7 Å². The Morgan fingerprint density at radius 1 is 1.46 bits per heavy atom. The van der Waals surface area contributed by atoms with Crippen LogP contribution >= 0.6 is 0 Å². The van der Waals surface area contributed by atoms with Crippen LogP contribution in [-0.2, 0) is 0 Å². The van der Waals surface area contributed by atoms with Crippen molar-refractivity contribution in [2.75, 3.05) is 6.54 Å². The van der Waals surface area contributed by atoms with Crippen LogP contribution in [0.5, 0.6) is 0 Å². The molecule has 1 heteroatoms. The van der Waals surface area contributed by atoms with E-state index in [-0.39, 0.29) is 0 Å². The van der Waals surface area contributed by atoms with Crippen LogP contribution in [0.3, 0.4) is 0 Å². The van der Waals surface area contributed by atoms with Gasteiger partial charge in [-0.15, -0.1) is 6.42 Å². The smallest absolute Gasteiger partial charge is 0.0995 e. The van der Waals surface area contributed by atoms with Gasteiger partial charge >= 0.3 is 0 Å². The topological polar surface area (TPSA) is 12.4 Å². The quantitative estimate of drug-likeness (QED) is 0.478. The van der Waals surface area contributed by atoms with Gasteiger partial charge in [0.1, 0.15) is 0 Å². The fourth-order valence-corrected chi connectivity index (χ4v) is 1.17. The van der Waals surface area contributed by atoms with Crippen molar-refractivity contribution in [3.05, 3.63) is 34.9 Å². The summed E-state index contributed by atoms with van der Waals surface area (Å²) in [7, 11) is 0. The highest BCUT2D eigenvalue weighted by Gasteiger charge is 1.93. The SMILES string of the molecule is C#CCN=Cc1ccc(C)cc1C. The standard InChI is InChI=1S/C12H13N/c1-4-7-13-9-12-6-5-10(2)8-11(12)3/h1,5-6,8-9H,7H2,2-3H3. The molecular weight excluding hydrogens is 158 g/mol. The van der Waals surface area contributed by atoms with Gasteiger partial charge in [-0.25, -0.2) is 0 Å². The summed E-state index contributed by atoms with van der Waals surface area (Å²) in [6.07, 6.45) is 6.92. The van der Waals surface area contributed by atoms with Gasteiger partial charge in [0.05, 0.1) is 6.54 Å². The van der Waals surface area contributed by atoms with Crippen molar-refractivity contribution in [1.82, 2.24) is 0 Å². The molecule has 13 heavy (non-hydrogen) atoms. The number of hydrogen-bond donors (Lipinski definition) is 0. The highest BCUT2D eigenvalue weighted by atomic mass is 14.7. The van der Waals surface area contributed by atoms with Crippen LogP contribution in [0.25, 0.3) is 0 Å². The first-order valence-electron chi connectivity index (χ1n) is 4.24. The van der Waals surface area contributed by atoms with E-state index in [2.05, 4.69) is 43.0 Å². The fourth-order valence-electron chi connectivity index (χ4n) is 1.17. The lowest BCUT2D eigenvalue weighted by molar-refractivity contribution is 1.29. The van der Waals surface area contributed by atoms with E-state index in [1.54, 1.807) is 0 Å². The zero-order valence-corrected chi connectivity index (χ0v) is 8.04. The minimum Gasteiger partial charge on any atom is -0.280 e. The molecule has 0 saturated carbocycles. The summed E-state index contributed by atoms with van der Waals surface area (Å²) >= 11 is 0. The molecule has 0 fully saturated rings. The van der Waals surface area contributed by atoms with Crippen molar-refractivity contribution in [1.29, 1.82) is 0 Å². The Morgan fingerprint density at radius 3 is 2.85 bits per heavy atom. The Bertz CT molecular complexity index is 356. The van der Waals surface area contributed by atoms with Crippen molar-refractivity contribution in [2.24, 2.45) is 4.99 Å². The molecule has 0 radical (unpaired) electrons. The Morgan fingerprint density at radius 2 is 2.23 bits per heavy atom. The number of terminal acetylenes is 1. The normalized spacial score (nSPS) is 10.2. The minimum absolute atomic E-state index is 0.452. The van der Waals surface area contributed by atoms with Gasteiger partial charge in [-0.3, -0.25) is 4.99 Å². The molecule has 0 spiro atoms. The van der Waals surface area contributed by atoms with E-state index in [0.717, 1.165) is 5.56 Å². The van der Waals surface area contributed by atoms with Crippen LogP contribution in [0.4, 0.5) is 0 Å². The van der Waals surface area contributed by atoms with E-state index in [9.17, 15) is 0 Å². The molecule has 0 bridgehead atoms. The van der Waals surface area contributed by atoms with E-state index in [1.165, 1.54) is 11.1 Å². The Hall–Kier alpha value is -1.55. The summed E-state index contributed by atoms with van der Waals surface area (Å²) < 4.78 is 0. The molecule has 1 aromatic rings. The Balaban J connectivity index is 2.85. The highest BCUT2D eigenvalue weighted by molar-refractivity contribution is 5.81. The molecule has 1 nitrogen and oxygen atoms in total. The van der Waals surface area contributed by atoms with E-state index in [4.69, 9.17) is 6.42 Å². The maximum absolute atomic E-state index is 5.09. The lowest BCUT2D eigenvalue weighted by Crippen LogP contribution is -1.88. The molecule has 66 valence electrons. The largest absolute Gasteiger partial charge is 0.280 e. The fraction of sp³-hybridized carbons (Fsp3) is 0.250. The second-order valence-electron chi connectivity index (χ2n) is 3.03. The third-order valence-electron chi connectivity index (χ3n) is 1.84. The third-order valence-corrected chi connectivity index (χ3v) is 1.84. The van der Waals surface area contributed by atoms with Gasteiger partial charge in [-0.1, -0.05) is 29.7 Å². The van der Waals surface area contributed by atoms with Gasteiger partial charge in [0.2, 0.25) is 0 Å². The monoisotopic (exact) mass is 171 g/mol. The van der Waals surface area contributed by atoms with Gasteiger partial charge in [0, 0.05) is 6.21 Å². The molecular formula is C12H13N. The minimum atomic E-state index is 0.452. The van der Waals surface area contributed by atoms with E-state index < -0.39 is 0 Å². The second kappa shape index (κ2) is 4.47. The second-order valence-corrected chi connectivity index (χ2v) is 3.03.